The summed E-state index contributed by atoms with van der Waals surface area (Å²) in [7, 11) is 1.27. The van der Waals surface area contributed by atoms with Crippen molar-refractivity contribution >= 4 is 29.4 Å². The Kier molecular flexibility index (Phi) is 10.4. The van der Waals surface area contributed by atoms with Crippen LogP contribution in [-0.4, -0.2) is 81.9 Å². The molecule has 0 fully saturated rings. The molecule has 0 heterocycles. The van der Waals surface area contributed by atoms with E-state index in [9.17, 15) is 29.1 Å². The Bertz CT molecular complexity index is 578. The number of aliphatic hydroxyl groups is 2. The van der Waals surface area contributed by atoms with Gasteiger partial charge in [-0.05, 0) is 6.92 Å². The molecule has 11 nitrogen and oxygen atoms in total. The van der Waals surface area contributed by atoms with E-state index >= 15 is 0 Å². The summed E-state index contributed by atoms with van der Waals surface area (Å²) >= 11 is 0. The highest BCUT2D eigenvalue weighted by molar-refractivity contribution is 5.94. The molecule has 0 aliphatic carbocycles. The zero-order valence-corrected chi connectivity index (χ0v) is 15.3. The molecule has 0 aromatic rings. The van der Waals surface area contributed by atoms with Gasteiger partial charge >= 0.3 is 5.97 Å². The second-order valence-electron chi connectivity index (χ2n) is 6.46. The number of aliphatic hydroxyl groups excluding tert-OH is 2. The van der Waals surface area contributed by atoms with Crippen LogP contribution in [0.5, 0.6) is 0 Å². The van der Waals surface area contributed by atoms with Gasteiger partial charge in [0, 0.05) is 26.3 Å². The predicted octanol–water partition coefficient (Wildman–Crippen LogP) is -2.74. The average molecular weight is 389 g/mol. The highest BCUT2D eigenvalue weighted by atomic mass is 16.4. The average Bonchev–Trinajstić information content (AvgIpc) is 2.56. The third-order valence-electron chi connectivity index (χ3n) is 3.98. The second kappa shape index (κ2) is 11.4. The number of ketones is 2. The Morgan fingerprint density at radius 2 is 1.56 bits per heavy atom. The van der Waals surface area contributed by atoms with Crippen molar-refractivity contribution in [3.05, 3.63) is 0 Å². The minimum Gasteiger partial charge on any atom is -0.481 e. The van der Waals surface area contributed by atoms with Crippen molar-refractivity contribution in [2.45, 2.75) is 38.3 Å². The largest absolute Gasteiger partial charge is 0.481 e. The molecule has 1 unspecified atom stereocenters. The molecular weight excluding hydrogens is 362 g/mol. The first-order valence-corrected chi connectivity index (χ1v) is 8.25. The van der Waals surface area contributed by atoms with E-state index in [0.717, 1.165) is 4.90 Å². The molecule has 2 amide bonds. The van der Waals surface area contributed by atoms with E-state index in [1.54, 1.807) is 0 Å². The summed E-state index contributed by atoms with van der Waals surface area (Å²) in [6, 6.07) is -1.20. The monoisotopic (exact) mass is 389 g/mol. The molecule has 0 saturated heterocycles. The Morgan fingerprint density at radius 1 is 1.04 bits per heavy atom. The number of hydrogen-bond donors (Lipinski definition) is 5. The summed E-state index contributed by atoms with van der Waals surface area (Å²) in [6.45, 7) is 0.128. The minimum absolute atomic E-state index is 0.442. The Labute approximate surface area is 156 Å². The number of carbonyl (C=O) groups excluding carboxylic acids is 4. The van der Waals surface area contributed by atoms with Crippen molar-refractivity contribution in [2.75, 3.05) is 20.2 Å². The Hall–Kier alpha value is -2.37. The van der Waals surface area contributed by atoms with Gasteiger partial charge in [0.2, 0.25) is 11.8 Å². The van der Waals surface area contributed by atoms with Crippen LogP contribution in [0.2, 0.25) is 0 Å². The summed E-state index contributed by atoms with van der Waals surface area (Å²) < 4.78 is 0. The molecule has 0 bridgehead atoms. The first-order valence-electron chi connectivity index (χ1n) is 8.25. The zero-order valence-electron chi connectivity index (χ0n) is 15.3. The van der Waals surface area contributed by atoms with Gasteiger partial charge in [0.05, 0.1) is 37.1 Å². The lowest BCUT2D eigenvalue weighted by molar-refractivity contribution is -0.146. The van der Waals surface area contributed by atoms with Crippen LogP contribution in [0.1, 0.15) is 26.2 Å². The van der Waals surface area contributed by atoms with Gasteiger partial charge in [0.15, 0.2) is 5.78 Å². The smallest absolute Gasteiger partial charge is 0.309 e. The van der Waals surface area contributed by atoms with Crippen LogP contribution in [0.4, 0.5) is 0 Å². The van der Waals surface area contributed by atoms with Gasteiger partial charge in [0.25, 0.3) is 0 Å². The van der Waals surface area contributed by atoms with Gasteiger partial charge in [-0.3, -0.25) is 24.0 Å². The SMILES string of the molecule is CC(O)[C@@H](N)C(=O)CN(C)C(=O)[C@@H](CC(N)=O)CC(=O)C[C@H](CO)C(=O)O. The van der Waals surface area contributed by atoms with Gasteiger partial charge in [-0.2, -0.15) is 0 Å². The van der Waals surface area contributed by atoms with Crippen molar-refractivity contribution in [2.24, 2.45) is 23.3 Å². The van der Waals surface area contributed by atoms with Crippen LogP contribution in [0.25, 0.3) is 0 Å². The highest BCUT2D eigenvalue weighted by Gasteiger charge is 2.30. The lowest BCUT2D eigenvalue weighted by Crippen LogP contribution is -2.47. The molecular formula is C16H27N3O8. The van der Waals surface area contributed by atoms with Gasteiger partial charge < -0.3 is 31.7 Å². The minimum atomic E-state index is -1.36. The third kappa shape index (κ3) is 8.71. The van der Waals surface area contributed by atoms with Crippen LogP contribution in [-0.2, 0) is 24.0 Å². The number of rotatable bonds is 13. The van der Waals surface area contributed by atoms with E-state index in [4.69, 9.17) is 21.7 Å². The maximum atomic E-state index is 12.5. The van der Waals surface area contributed by atoms with E-state index in [1.165, 1.54) is 14.0 Å². The normalized spacial score (nSPS) is 15.3. The summed E-state index contributed by atoms with van der Waals surface area (Å²) in [4.78, 5) is 59.5. The number of Topliss-reactive ketones (excluding diaryl/α,β-unsaturated/α-hetero) is 2. The van der Waals surface area contributed by atoms with Crippen LogP contribution in [0.3, 0.4) is 0 Å². The molecule has 0 aromatic heterocycles. The lowest BCUT2D eigenvalue weighted by Gasteiger charge is -2.24. The molecule has 7 N–H and O–H groups in total. The van der Waals surface area contributed by atoms with E-state index in [1.807, 2.05) is 0 Å². The van der Waals surface area contributed by atoms with E-state index in [-0.39, 0.29) is 0 Å². The molecule has 0 rings (SSSR count). The van der Waals surface area contributed by atoms with Crippen LogP contribution in [0.15, 0.2) is 0 Å². The molecule has 0 saturated carbocycles. The number of carboxylic acid groups (broad SMARTS) is 1. The van der Waals surface area contributed by atoms with Gasteiger partial charge in [0.1, 0.15) is 5.78 Å². The number of primary amides is 1. The number of aliphatic carboxylic acids is 1. The van der Waals surface area contributed by atoms with Crippen molar-refractivity contribution < 1.29 is 39.3 Å². The predicted molar refractivity (Wildman–Crippen MR) is 92.1 cm³/mol. The number of hydrogen-bond acceptors (Lipinski definition) is 8. The fourth-order valence-electron chi connectivity index (χ4n) is 2.35. The lowest BCUT2D eigenvalue weighted by atomic mass is 9.92. The van der Waals surface area contributed by atoms with Crippen LogP contribution in [0, 0.1) is 11.8 Å². The number of likely N-dealkylation sites (N-methyl/N-ethyl adjacent to an activating group) is 1. The molecule has 0 radical (unpaired) electrons. The quantitative estimate of drug-likeness (QED) is 0.221. The van der Waals surface area contributed by atoms with E-state index in [2.05, 4.69) is 0 Å². The highest BCUT2D eigenvalue weighted by Crippen LogP contribution is 2.16. The molecule has 11 heteroatoms. The van der Waals surface area contributed by atoms with Crippen molar-refractivity contribution in [3.63, 3.8) is 0 Å². The van der Waals surface area contributed by atoms with Crippen LogP contribution < -0.4 is 11.5 Å². The molecule has 0 spiro atoms. The first-order chi connectivity index (χ1) is 12.4. The van der Waals surface area contributed by atoms with Crippen molar-refractivity contribution in [3.8, 4) is 0 Å². The maximum Gasteiger partial charge on any atom is 0.309 e. The molecule has 4 atom stereocenters. The summed E-state index contributed by atoms with van der Waals surface area (Å²) in [5.74, 6) is -6.68. The molecule has 0 aliphatic rings. The number of carboxylic acids is 1. The Balaban J connectivity index is 5.08. The van der Waals surface area contributed by atoms with Gasteiger partial charge in [-0.15, -0.1) is 0 Å². The zero-order chi connectivity index (χ0) is 21.3. The fourth-order valence-corrected chi connectivity index (χ4v) is 2.35. The van der Waals surface area contributed by atoms with Crippen LogP contribution >= 0.6 is 0 Å². The summed E-state index contributed by atoms with van der Waals surface area (Å²) in [5, 5.41) is 27.1. The third-order valence-corrected chi connectivity index (χ3v) is 3.98. The van der Waals surface area contributed by atoms with E-state index in [0.29, 0.717) is 0 Å². The van der Waals surface area contributed by atoms with Crippen molar-refractivity contribution in [1.82, 2.24) is 4.90 Å². The topological polar surface area (TPSA) is 201 Å². The molecule has 0 aromatic carbocycles. The van der Waals surface area contributed by atoms with Gasteiger partial charge in [-0.25, -0.2) is 0 Å². The maximum absolute atomic E-state index is 12.5. The Morgan fingerprint density at radius 3 is 1.96 bits per heavy atom. The van der Waals surface area contributed by atoms with E-state index < -0.39 is 85.7 Å². The summed E-state index contributed by atoms with van der Waals surface area (Å²) in [5.41, 5.74) is 10.6. The molecule has 27 heavy (non-hydrogen) atoms. The molecule has 0 aliphatic heterocycles. The first kappa shape index (κ1) is 24.6. The standard InChI is InChI=1S/C16H27N3O8/c1-8(21)14(18)12(23)6-19(2)15(25)9(5-13(17)24)3-11(22)4-10(7-20)16(26)27/h8-10,14,20-21H,3-7,18H2,1-2H3,(H2,17,24)(H,26,27)/t8?,9-,10-,14-/m1/s1. The van der Waals surface area contributed by atoms with Gasteiger partial charge in [-0.1, -0.05) is 0 Å². The summed E-state index contributed by atoms with van der Waals surface area (Å²) in [6.07, 6.45) is -2.56. The number of carbonyl (C=O) groups is 5. The molecule has 154 valence electrons. The number of amides is 2. The van der Waals surface area contributed by atoms with Crippen molar-refractivity contribution in [1.29, 1.82) is 0 Å². The number of nitrogens with zero attached hydrogens (tertiary/aromatic N) is 1. The number of nitrogens with two attached hydrogens (primary N) is 2. The second-order valence-corrected chi connectivity index (χ2v) is 6.46. The fraction of sp³-hybridized carbons (Fsp3) is 0.688.